The second kappa shape index (κ2) is 4.57. The molecule has 0 aliphatic heterocycles. The van der Waals surface area contributed by atoms with Gasteiger partial charge in [0.05, 0.1) is 23.9 Å². The van der Waals surface area contributed by atoms with Crippen molar-refractivity contribution in [3.8, 4) is 5.69 Å². The van der Waals surface area contributed by atoms with Crippen LogP contribution in [0.4, 0.5) is 0 Å². The Hall–Kier alpha value is -2.62. The van der Waals surface area contributed by atoms with Crippen molar-refractivity contribution in [2.24, 2.45) is 0 Å². The van der Waals surface area contributed by atoms with Crippen LogP contribution in [0.25, 0.3) is 16.6 Å². The first-order valence-electron chi connectivity index (χ1n) is 5.91. The molecular formula is C15H12N2O2. The van der Waals surface area contributed by atoms with Crippen LogP contribution < -0.4 is 0 Å². The number of ether oxygens (including phenoxy) is 1. The molecule has 1 heterocycles. The van der Waals surface area contributed by atoms with Gasteiger partial charge in [0.15, 0.2) is 0 Å². The smallest absolute Gasteiger partial charge is 0.337 e. The Morgan fingerprint density at radius 1 is 1.16 bits per heavy atom. The van der Waals surface area contributed by atoms with E-state index in [2.05, 4.69) is 5.10 Å². The molecule has 0 aliphatic carbocycles. The molecule has 4 nitrogen and oxygen atoms in total. The van der Waals surface area contributed by atoms with E-state index in [0.717, 1.165) is 16.6 Å². The zero-order chi connectivity index (χ0) is 13.2. The average molecular weight is 252 g/mol. The van der Waals surface area contributed by atoms with Gasteiger partial charge in [-0.15, -0.1) is 0 Å². The normalized spacial score (nSPS) is 10.6. The first-order valence-corrected chi connectivity index (χ1v) is 5.91. The predicted molar refractivity (Wildman–Crippen MR) is 72.4 cm³/mol. The summed E-state index contributed by atoms with van der Waals surface area (Å²) in [5.41, 5.74) is 2.36. The molecule has 4 heteroatoms. The largest absolute Gasteiger partial charge is 0.465 e. The monoisotopic (exact) mass is 252 g/mol. The summed E-state index contributed by atoms with van der Waals surface area (Å²) >= 11 is 0. The van der Waals surface area contributed by atoms with Crippen LogP contribution >= 0.6 is 0 Å². The van der Waals surface area contributed by atoms with Gasteiger partial charge in [0.25, 0.3) is 0 Å². The summed E-state index contributed by atoms with van der Waals surface area (Å²) in [5.74, 6) is -0.339. The van der Waals surface area contributed by atoms with E-state index in [4.69, 9.17) is 4.74 Å². The summed E-state index contributed by atoms with van der Waals surface area (Å²) < 4.78 is 6.51. The number of methoxy groups -OCH3 is 1. The molecule has 0 saturated heterocycles. The van der Waals surface area contributed by atoms with Crippen molar-refractivity contribution < 1.29 is 9.53 Å². The van der Waals surface area contributed by atoms with Crippen LogP contribution in [0.15, 0.2) is 54.7 Å². The summed E-state index contributed by atoms with van der Waals surface area (Å²) in [6.07, 6.45) is 1.90. The molecule has 0 N–H and O–H groups in total. The third-order valence-electron chi connectivity index (χ3n) is 2.95. The van der Waals surface area contributed by atoms with E-state index in [9.17, 15) is 4.79 Å². The van der Waals surface area contributed by atoms with E-state index < -0.39 is 0 Å². The molecule has 0 bridgehead atoms. The molecule has 1 aromatic heterocycles. The molecular weight excluding hydrogens is 240 g/mol. The standard InChI is InChI=1S/C15H12N2O2/c1-19-15(18)11-7-8-14-12(9-11)10-17(16-14)13-5-3-2-4-6-13/h2-10H,1H3. The number of fused-ring (bicyclic) bond motifs is 1. The van der Waals surface area contributed by atoms with Crippen LogP contribution in [0.1, 0.15) is 10.4 Å². The van der Waals surface area contributed by atoms with Crippen LogP contribution in [0.2, 0.25) is 0 Å². The lowest BCUT2D eigenvalue weighted by atomic mass is 10.2. The number of hydrogen-bond donors (Lipinski definition) is 0. The van der Waals surface area contributed by atoms with Crippen LogP contribution in [0.3, 0.4) is 0 Å². The highest BCUT2D eigenvalue weighted by atomic mass is 16.5. The summed E-state index contributed by atoms with van der Waals surface area (Å²) in [7, 11) is 1.37. The molecule has 94 valence electrons. The zero-order valence-electron chi connectivity index (χ0n) is 10.4. The van der Waals surface area contributed by atoms with Crippen molar-refractivity contribution in [2.45, 2.75) is 0 Å². The maximum Gasteiger partial charge on any atom is 0.337 e. The van der Waals surface area contributed by atoms with Crippen molar-refractivity contribution in [1.29, 1.82) is 0 Å². The van der Waals surface area contributed by atoms with Gasteiger partial charge in [0.2, 0.25) is 0 Å². The highest BCUT2D eigenvalue weighted by Gasteiger charge is 2.08. The number of carbonyl (C=O) groups is 1. The Labute approximate surface area is 110 Å². The Kier molecular flexibility index (Phi) is 2.76. The Morgan fingerprint density at radius 2 is 1.95 bits per heavy atom. The molecule has 0 radical (unpaired) electrons. The minimum absolute atomic E-state index is 0.339. The van der Waals surface area contributed by atoms with Gasteiger partial charge in [-0.1, -0.05) is 18.2 Å². The summed E-state index contributed by atoms with van der Waals surface area (Å²) in [6, 6.07) is 15.2. The van der Waals surface area contributed by atoms with E-state index in [1.807, 2.05) is 42.6 Å². The highest BCUT2D eigenvalue weighted by Crippen LogP contribution is 2.17. The first kappa shape index (κ1) is 11.5. The molecule has 2 aromatic carbocycles. The topological polar surface area (TPSA) is 44.1 Å². The van der Waals surface area contributed by atoms with Crippen molar-refractivity contribution in [3.05, 3.63) is 60.3 Å². The SMILES string of the molecule is COC(=O)c1ccc2nn(-c3ccccc3)cc2c1. The number of rotatable bonds is 2. The van der Waals surface area contributed by atoms with Crippen LogP contribution in [-0.4, -0.2) is 22.9 Å². The summed E-state index contributed by atoms with van der Waals surface area (Å²) in [4.78, 5) is 11.5. The fraction of sp³-hybridized carbons (Fsp3) is 0.0667. The predicted octanol–water partition coefficient (Wildman–Crippen LogP) is 2.81. The number of esters is 1. The number of hydrogen-bond acceptors (Lipinski definition) is 3. The quantitative estimate of drug-likeness (QED) is 0.659. The molecule has 19 heavy (non-hydrogen) atoms. The summed E-state index contributed by atoms with van der Waals surface area (Å²) in [5, 5.41) is 5.38. The first-order chi connectivity index (χ1) is 9.28. The molecule has 3 rings (SSSR count). The van der Waals surface area contributed by atoms with Crippen molar-refractivity contribution in [1.82, 2.24) is 9.78 Å². The maximum atomic E-state index is 11.5. The lowest BCUT2D eigenvalue weighted by Crippen LogP contribution is -2.00. The molecule has 0 atom stereocenters. The van der Waals surface area contributed by atoms with E-state index in [1.54, 1.807) is 16.8 Å². The molecule has 0 spiro atoms. The lowest BCUT2D eigenvalue weighted by molar-refractivity contribution is 0.0601. The number of carbonyl (C=O) groups excluding carboxylic acids is 1. The third-order valence-corrected chi connectivity index (χ3v) is 2.95. The van der Waals surface area contributed by atoms with E-state index in [1.165, 1.54) is 7.11 Å². The average Bonchev–Trinajstić information content (AvgIpc) is 2.90. The second-order valence-corrected chi connectivity index (χ2v) is 4.17. The maximum absolute atomic E-state index is 11.5. The van der Waals surface area contributed by atoms with Crippen molar-refractivity contribution in [3.63, 3.8) is 0 Å². The Balaban J connectivity index is 2.09. The number of benzene rings is 2. The number of para-hydroxylation sites is 1. The van der Waals surface area contributed by atoms with E-state index in [-0.39, 0.29) is 5.97 Å². The Morgan fingerprint density at radius 3 is 2.68 bits per heavy atom. The van der Waals surface area contributed by atoms with Crippen molar-refractivity contribution in [2.75, 3.05) is 7.11 Å². The molecule has 3 aromatic rings. The second-order valence-electron chi connectivity index (χ2n) is 4.17. The fourth-order valence-corrected chi connectivity index (χ4v) is 1.98. The van der Waals surface area contributed by atoms with Gasteiger partial charge >= 0.3 is 5.97 Å². The lowest BCUT2D eigenvalue weighted by Gasteiger charge is -1.98. The van der Waals surface area contributed by atoms with Gasteiger partial charge in [0, 0.05) is 11.6 Å². The van der Waals surface area contributed by atoms with Crippen LogP contribution in [-0.2, 0) is 4.74 Å². The molecule has 0 unspecified atom stereocenters. The van der Waals surface area contributed by atoms with Crippen LogP contribution in [0, 0.1) is 0 Å². The zero-order valence-corrected chi connectivity index (χ0v) is 10.4. The Bertz CT molecular complexity index is 732. The highest BCUT2D eigenvalue weighted by molar-refractivity contribution is 5.94. The molecule has 0 amide bonds. The van der Waals surface area contributed by atoms with Gasteiger partial charge in [-0.25, -0.2) is 9.48 Å². The molecule has 0 fully saturated rings. The number of aromatic nitrogens is 2. The van der Waals surface area contributed by atoms with Gasteiger partial charge < -0.3 is 4.74 Å². The fourth-order valence-electron chi connectivity index (χ4n) is 1.98. The van der Waals surface area contributed by atoms with Gasteiger partial charge in [-0.05, 0) is 30.3 Å². The third kappa shape index (κ3) is 2.08. The van der Waals surface area contributed by atoms with E-state index in [0.29, 0.717) is 5.56 Å². The van der Waals surface area contributed by atoms with Gasteiger partial charge in [-0.2, -0.15) is 5.10 Å². The van der Waals surface area contributed by atoms with E-state index >= 15 is 0 Å². The molecule has 0 aliphatic rings. The molecule has 0 saturated carbocycles. The minimum Gasteiger partial charge on any atom is -0.465 e. The summed E-state index contributed by atoms with van der Waals surface area (Å²) in [6.45, 7) is 0. The van der Waals surface area contributed by atoms with Crippen molar-refractivity contribution >= 4 is 16.9 Å². The minimum atomic E-state index is -0.339. The van der Waals surface area contributed by atoms with Gasteiger partial charge in [-0.3, -0.25) is 0 Å². The van der Waals surface area contributed by atoms with Gasteiger partial charge in [0.1, 0.15) is 0 Å². The van der Waals surface area contributed by atoms with Crippen LogP contribution in [0.5, 0.6) is 0 Å². The number of nitrogens with zero attached hydrogens (tertiary/aromatic N) is 2.